The number of β-amino-alcohol motifs (C(OH)–C–C–N with tert-alkyl or cyclic N) is 1. The molecule has 1 N–H and O–H groups in total. The smallest absolute Gasteiger partial charge is 0.244 e. The summed E-state index contributed by atoms with van der Waals surface area (Å²) in [6.07, 6.45) is -0.152. The fraction of sp³-hybridized carbons (Fsp3) is 0.400. The summed E-state index contributed by atoms with van der Waals surface area (Å²) >= 11 is 11.6. The van der Waals surface area contributed by atoms with Gasteiger partial charge < -0.3 is 5.11 Å². The lowest BCUT2D eigenvalue weighted by molar-refractivity contribution is 0.189. The second-order valence-electron chi connectivity index (χ2n) is 3.88. The molecule has 1 unspecified atom stereocenters. The van der Waals surface area contributed by atoms with Crippen LogP contribution < -0.4 is 0 Å². The van der Waals surface area contributed by atoms with E-state index in [1.807, 2.05) is 0 Å². The van der Waals surface area contributed by atoms with Crippen LogP contribution in [-0.2, 0) is 10.0 Å². The van der Waals surface area contributed by atoms with Crippen LogP contribution in [0.5, 0.6) is 0 Å². The highest BCUT2D eigenvalue weighted by Gasteiger charge is 2.32. The Morgan fingerprint density at radius 2 is 2.06 bits per heavy atom. The Labute approximate surface area is 110 Å². The van der Waals surface area contributed by atoms with Crippen molar-refractivity contribution in [1.82, 2.24) is 4.31 Å². The van der Waals surface area contributed by atoms with Gasteiger partial charge in [0.2, 0.25) is 10.0 Å². The number of aliphatic hydroxyl groups is 1. The number of halogens is 2. The maximum Gasteiger partial charge on any atom is 0.244 e. The molecular weight excluding hydrogens is 285 g/mol. The summed E-state index contributed by atoms with van der Waals surface area (Å²) in [5, 5.41) is 9.84. The molecule has 1 aromatic rings. The minimum Gasteiger partial charge on any atom is -0.392 e. The molecule has 0 aliphatic carbocycles. The van der Waals surface area contributed by atoms with Crippen LogP contribution in [0.2, 0.25) is 10.0 Å². The summed E-state index contributed by atoms with van der Waals surface area (Å²) in [5.74, 6) is 0. The van der Waals surface area contributed by atoms with Crippen molar-refractivity contribution in [3.63, 3.8) is 0 Å². The van der Waals surface area contributed by atoms with Crippen LogP contribution in [0.4, 0.5) is 0 Å². The molecule has 1 atom stereocenters. The third kappa shape index (κ3) is 2.58. The summed E-state index contributed by atoms with van der Waals surface area (Å²) in [6, 6.07) is 4.25. The van der Waals surface area contributed by atoms with E-state index in [4.69, 9.17) is 23.2 Å². The van der Waals surface area contributed by atoms with Gasteiger partial charge in [-0.2, -0.15) is 4.31 Å². The average molecular weight is 296 g/mol. The van der Waals surface area contributed by atoms with E-state index in [2.05, 4.69) is 0 Å². The lowest BCUT2D eigenvalue weighted by Crippen LogP contribution is -2.29. The van der Waals surface area contributed by atoms with Gasteiger partial charge in [-0.3, -0.25) is 0 Å². The van der Waals surface area contributed by atoms with Crippen molar-refractivity contribution in [2.24, 2.45) is 0 Å². The number of benzene rings is 1. The van der Waals surface area contributed by atoms with Gasteiger partial charge in [0.1, 0.15) is 4.90 Å². The van der Waals surface area contributed by atoms with E-state index in [0.29, 0.717) is 18.0 Å². The summed E-state index contributed by atoms with van der Waals surface area (Å²) in [6.45, 7) is 0.420. The van der Waals surface area contributed by atoms with Gasteiger partial charge in [0.15, 0.2) is 0 Å². The molecule has 0 radical (unpaired) electrons. The van der Waals surface area contributed by atoms with Gasteiger partial charge in [0.05, 0.1) is 11.1 Å². The molecule has 0 bridgehead atoms. The maximum atomic E-state index is 12.2. The Morgan fingerprint density at radius 1 is 1.35 bits per heavy atom. The first-order valence-corrected chi connectivity index (χ1v) is 7.24. The second kappa shape index (κ2) is 4.74. The molecule has 4 nitrogen and oxygen atoms in total. The predicted molar refractivity (Wildman–Crippen MR) is 65.8 cm³/mol. The summed E-state index contributed by atoms with van der Waals surface area (Å²) < 4.78 is 25.6. The van der Waals surface area contributed by atoms with Crippen molar-refractivity contribution >= 4 is 33.2 Å². The fourth-order valence-corrected chi connectivity index (χ4v) is 3.99. The topological polar surface area (TPSA) is 57.6 Å². The van der Waals surface area contributed by atoms with Crippen molar-refractivity contribution in [3.8, 4) is 0 Å². The summed E-state index contributed by atoms with van der Waals surface area (Å²) in [4.78, 5) is 0.0256. The molecule has 1 fully saturated rings. The highest BCUT2D eigenvalue weighted by Crippen LogP contribution is 2.29. The average Bonchev–Trinajstić information content (AvgIpc) is 2.64. The van der Waals surface area contributed by atoms with Crippen LogP contribution in [0.1, 0.15) is 6.42 Å². The Balaban J connectivity index is 2.38. The SMILES string of the molecule is O=S(=O)(c1ccc(Cl)cc1Cl)N1CCC(O)C1. The first-order valence-electron chi connectivity index (χ1n) is 5.04. The van der Waals surface area contributed by atoms with Gasteiger partial charge in [-0.05, 0) is 24.6 Å². The molecule has 2 rings (SSSR count). The van der Waals surface area contributed by atoms with Crippen molar-refractivity contribution in [2.75, 3.05) is 13.1 Å². The third-order valence-electron chi connectivity index (χ3n) is 2.64. The highest BCUT2D eigenvalue weighted by atomic mass is 35.5. The van der Waals surface area contributed by atoms with Crippen molar-refractivity contribution < 1.29 is 13.5 Å². The summed E-state index contributed by atoms with van der Waals surface area (Å²) in [7, 11) is -3.64. The zero-order chi connectivity index (χ0) is 12.6. The molecule has 0 spiro atoms. The standard InChI is InChI=1S/C10H11Cl2NO3S/c11-7-1-2-10(9(12)5-7)17(15,16)13-4-3-8(14)6-13/h1-2,5,8,14H,3-4,6H2. The number of hydrogen-bond acceptors (Lipinski definition) is 3. The molecule has 0 aromatic heterocycles. The van der Waals surface area contributed by atoms with E-state index in [1.165, 1.54) is 22.5 Å². The van der Waals surface area contributed by atoms with Gasteiger partial charge in [0, 0.05) is 18.1 Å². The quantitative estimate of drug-likeness (QED) is 0.904. The zero-order valence-electron chi connectivity index (χ0n) is 8.81. The minimum absolute atomic E-state index is 0.0256. The Kier molecular flexibility index (Phi) is 3.66. The number of sulfonamides is 1. The Bertz CT molecular complexity index is 532. The minimum atomic E-state index is -3.64. The molecule has 0 amide bonds. The van der Waals surface area contributed by atoms with E-state index in [1.54, 1.807) is 0 Å². The second-order valence-corrected chi connectivity index (χ2v) is 6.63. The normalized spacial score (nSPS) is 21.9. The van der Waals surface area contributed by atoms with Crippen LogP contribution in [0.3, 0.4) is 0 Å². The molecular formula is C10H11Cl2NO3S. The van der Waals surface area contributed by atoms with Gasteiger partial charge in [-0.15, -0.1) is 0 Å². The number of nitrogens with zero attached hydrogens (tertiary/aromatic N) is 1. The predicted octanol–water partition coefficient (Wildman–Crippen LogP) is 1.75. The molecule has 1 aromatic carbocycles. The van der Waals surface area contributed by atoms with Gasteiger partial charge in [0.25, 0.3) is 0 Å². The molecule has 1 aliphatic heterocycles. The Morgan fingerprint density at radius 3 is 2.59 bits per heavy atom. The van der Waals surface area contributed by atoms with E-state index in [-0.39, 0.29) is 16.5 Å². The summed E-state index contributed by atoms with van der Waals surface area (Å²) in [5.41, 5.74) is 0. The van der Waals surface area contributed by atoms with Crippen molar-refractivity contribution in [2.45, 2.75) is 17.4 Å². The largest absolute Gasteiger partial charge is 0.392 e. The lowest BCUT2D eigenvalue weighted by atomic mass is 10.3. The number of aliphatic hydroxyl groups excluding tert-OH is 1. The van der Waals surface area contributed by atoms with E-state index < -0.39 is 16.1 Å². The van der Waals surface area contributed by atoms with Crippen LogP contribution in [0.25, 0.3) is 0 Å². The van der Waals surface area contributed by atoms with Crippen LogP contribution in [0.15, 0.2) is 23.1 Å². The fourth-order valence-electron chi connectivity index (χ4n) is 1.75. The van der Waals surface area contributed by atoms with E-state index in [0.717, 1.165) is 0 Å². The van der Waals surface area contributed by atoms with Crippen LogP contribution in [0, 0.1) is 0 Å². The Hall–Kier alpha value is -0.330. The molecule has 7 heteroatoms. The molecule has 1 aliphatic rings. The van der Waals surface area contributed by atoms with E-state index >= 15 is 0 Å². The van der Waals surface area contributed by atoms with Gasteiger partial charge >= 0.3 is 0 Å². The van der Waals surface area contributed by atoms with Crippen molar-refractivity contribution in [1.29, 1.82) is 0 Å². The molecule has 0 saturated carbocycles. The first kappa shape index (κ1) is 13.1. The van der Waals surface area contributed by atoms with E-state index in [9.17, 15) is 13.5 Å². The maximum absolute atomic E-state index is 12.2. The first-order chi connectivity index (χ1) is 7.91. The number of hydrogen-bond donors (Lipinski definition) is 1. The molecule has 1 heterocycles. The monoisotopic (exact) mass is 295 g/mol. The highest BCUT2D eigenvalue weighted by molar-refractivity contribution is 7.89. The molecule has 1 saturated heterocycles. The third-order valence-corrected chi connectivity index (χ3v) is 5.22. The van der Waals surface area contributed by atoms with Gasteiger partial charge in [-0.25, -0.2) is 8.42 Å². The zero-order valence-corrected chi connectivity index (χ0v) is 11.1. The lowest BCUT2D eigenvalue weighted by Gasteiger charge is -2.16. The van der Waals surface area contributed by atoms with Gasteiger partial charge in [-0.1, -0.05) is 23.2 Å². The molecule has 17 heavy (non-hydrogen) atoms. The number of rotatable bonds is 2. The van der Waals surface area contributed by atoms with Crippen LogP contribution >= 0.6 is 23.2 Å². The molecule has 94 valence electrons. The van der Waals surface area contributed by atoms with Crippen molar-refractivity contribution in [3.05, 3.63) is 28.2 Å². The van der Waals surface area contributed by atoms with Crippen LogP contribution in [-0.4, -0.2) is 37.0 Å².